The van der Waals surface area contributed by atoms with Crippen molar-refractivity contribution >= 4 is 16.7 Å². The highest BCUT2D eigenvalue weighted by molar-refractivity contribution is 5.89. The van der Waals surface area contributed by atoms with E-state index in [9.17, 15) is 4.79 Å². The quantitative estimate of drug-likeness (QED) is 0.617. The first kappa shape index (κ1) is 18.6. The molecule has 140 valence electrons. The Hall–Kier alpha value is -3.21. The van der Waals surface area contributed by atoms with E-state index in [0.717, 1.165) is 10.8 Å². The predicted octanol–water partition coefficient (Wildman–Crippen LogP) is 3.81. The van der Waals surface area contributed by atoms with Gasteiger partial charge in [0.15, 0.2) is 17.6 Å². The predicted molar refractivity (Wildman–Crippen MR) is 106 cm³/mol. The molecule has 5 nitrogen and oxygen atoms in total. The maximum Gasteiger partial charge on any atom is 0.260 e. The second-order valence-electron chi connectivity index (χ2n) is 6.03. The number of nitrogens with one attached hydrogen (secondary N) is 1. The van der Waals surface area contributed by atoms with Crippen molar-refractivity contribution in [1.29, 1.82) is 0 Å². The zero-order valence-electron chi connectivity index (χ0n) is 15.5. The molecule has 0 bridgehead atoms. The molecular formula is C22H23NO4. The van der Waals surface area contributed by atoms with Crippen LogP contribution in [0, 0.1) is 0 Å². The van der Waals surface area contributed by atoms with Crippen molar-refractivity contribution in [3.8, 4) is 17.2 Å². The van der Waals surface area contributed by atoms with Crippen LogP contribution in [-0.4, -0.2) is 32.3 Å². The van der Waals surface area contributed by atoms with E-state index in [2.05, 4.69) is 5.32 Å². The van der Waals surface area contributed by atoms with Gasteiger partial charge in [-0.05, 0) is 30.5 Å². The van der Waals surface area contributed by atoms with Gasteiger partial charge in [-0.1, -0.05) is 48.5 Å². The van der Waals surface area contributed by atoms with Crippen LogP contribution in [0.25, 0.3) is 10.8 Å². The van der Waals surface area contributed by atoms with Crippen LogP contribution in [0.1, 0.15) is 6.92 Å². The van der Waals surface area contributed by atoms with E-state index >= 15 is 0 Å². The molecule has 0 fully saturated rings. The fourth-order valence-electron chi connectivity index (χ4n) is 2.76. The zero-order chi connectivity index (χ0) is 19.1. The Balaban J connectivity index is 1.50. The largest absolute Gasteiger partial charge is 0.493 e. The average molecular weight is 365 g/mol. The van der Waals surface area contributed by atoms with Gasteiger partial charge in [0.05, 0.1) is 13.7 Å². The molecule has 1 N–H and O–H groups in total. The second-order valence-corrected chi connectivity index (χ2v) is 6.03. The van der Waals surface area contributed by atoms with Crippen molar-refractivity contribution in [1.82, 2.24) is 5.32 Å². The van der Waals surface area contributed by atoms with E-state index in [1.165, 1.54) is 0 Å². The Bertz CT molecular complexity index is 904. The van der Waals surface area contributed by atoms with E-state index in [-0.39, 0.29) is 5.91 Å². The van der Waals surface area contributed by atoms with E-state index < -0.39 is 6.10 Å². The lowest BCUT2D eigenvalue weighted by atomic mass is 10.1. The topological polar surface area (TPSA) is 56.8 Å². The summed E-state index contributed by atoms with van der Waals surface area (Å²) in [5.41, 5.74) is 0. The minimum atomic E-state index is -0.609. The van der Waals surface area contributed by atoms with Crippen LogP contribution in [0.4, 0.5) is 0 Å². The molecule has 0 aliphatic heterocycles. The van der Waals surface area contributed by atoms with Crippen LogP contribution in [0.15, 0.2) is 66.7 Å². The number of rotatable bonds is 8. The molecule has 1 amide bonds. The normalized spacial score (nSPS) is 11.6. The number of benzene rings is 3. The standard InChI is InChI=1S/C22H23NO4/c1-16(27-19-13-7-9-17-8-3-4-10-18(17)19)22(24)23-14-15-26-21-12-6-5-11-20(21)25-2/h3-13,16H,14-15H2,1-2H3,(H,23,24). The van der Waals surface area contributed by atoms with Crippen LogP contribution < -0.4 is 19.5 Å². The lowest BCUT2D eigenvalue weighted by Crippen LogP contribution is -2.38. The van der Waals surface area contributed by atoms with E-state index in [1.807, 2.05) is 66.7 Å². The minimum Gasteiger partial charge on any atom is -0.493 e. The van der Waals surface area contributed by atoms with E-state index in [0.29, 0.717) is 30.4 Å². The number of carbonyl (C=O) groups excluding carboxylic acids is 1. The van der Waals surface area contributed by atoms with Crippen LogP contribution >= 0.6 is 0 Å². The number of ether oxygens (including phenoxy) is 3. The summed E-state index contributed by atoms with van der Waals surface area (Å²) in [5.74, 6) is 1.82. The molecule has 27 heavy (non-hydrogen) atoms. The summed E-state index contributed by atoms with van der Waals surface area (Å²) in [6.07, 6.45) is -0.609. The van der Waals surface area contributed by atoms with E-state index in [1.54, 1.807) is 14.0 Å². The molecule has 3 rings (SSSR count). The summed E-state index contributed by atoms with van der Waals surface area (Å²) >= 11 is 0. The number of carbonyl (C=O) groups is 1. The van der Waals surface area contributed by atoms with Crippen LogP contribution in [0.3, 0.4) is 0 Å². The van der Waals surface area contributed by atoms with Crippen molar-refractivity contribution in [3.05, 3.63) is 66.7 Å². The number of para-hydroxylation sites is 2. The van der Waals surface area contributed by atoms with Gasteiger partial charge in [0, 0.05) is 5.39 Å². The molecule has 0 aliphatic rings. The van der Waals surface area contributed by atoms with Crippen LogP contribution in [0.5, 0.6) is 17.2 Å². The lowest BCUT2D eigenvalue weighted by molar-refractivity contribution is -0.127. The first-order valence-electron chi connectivity index (χ1n) is 8.87. The molecule has 1 unspecified atom stereocenters. The first-order valence-corrected chi connectivity index (χ1v) is 8.87. The Morgan fingerprint density at radius 1 is 0.926 bits per heavy atom. The second kappa shape index (κ2) is 8.94. The van der Waals surface area contributed by atoms with Gasteiger partial charge in [0.25, 0.3) is 5.91 Å². The Morgan fingerprint density at radius 3 is 2.41 bits per heavy atom. The molecule has 0 aliphatic carbocycles. The molecule has 3 aromatic rings. The molecule has 0 saturated heterocycles. The molecule has 1 atom stereocenters. The fraction of sp³-hybridized carbons (Fsp3) is 0.227. The van der Waals surface area contributed by atoms with Crippen molar-refractivity contribution in [3.63, 3.8) is 0 Å². The Morgan fingerprint density at radius 2 is 1.59 bits per heavy atom. The van der Waals surface area contributed by atoms with Crippen molar-refractivity contribution in [2.24, 2.45) is 0 Å². The van der Waals surface area contributed by atoms with Gasteiger partial charge in [-0.2, -0.15) is 0 Å². The van der Waals surface area contributed by atoms with Gasteiger partial charge in [0.1, 0.15) is 12.4 Å². The van der Waals surface area contributed by atoms with E-state index in [4.69, 9.17) is 14.2 Å². The molecule has 5 heteroatoms. The van der Waals surface area contributed by atoms with Crippen molar-refractivity contribution < 1.29 is 19.0 Å². The minimum absolute atomic E-state index is 0.188. The number of methoxy groups -OCH3 is 1. The van der Waals surface area contributed by atoms with Gasteiger partial charge in [0.2, 0.25) is 0 Å². The van der Waals surface area contributed by atoms with Crippen LogP contribution in [-0.2, 0) is 4.79 Å². The molecular weight excluding hydrogens is 342 g/mol. The molecule has 0 heterocycles. The molecule has 0 aromatic heterocycles. The Kier molecular flexibility index (Phi) is 6.15. The average Bonchev–Trinajstić information content (AvgIpc) is 2.71. The highest BCUT2D eigenvalue weighted by atomic mass is 16.5. The van der Waals surface area contributed by atoms with Crippen molar-refractivity contribution in [2.45, 2.75) is 13.0 Å². The number of fused-ring (bicyclic) bond motifs is 1. The third kappa shape index (κ3) is 4.70. The smallest absolute Gasteiger partial charge is 0.260 e. The SMILES string of the molecule is COc1ccccc1OCCNC(=O)C(C)Oc1cccc2ccccc12. The van der Waals surface area contributed by atoms with Gasteiger partial charge < -0.3 is 19.5 Å². The van der Waals surface area contributed by atoms with Crippen LogP contribution in [0.2, 0.25) is 0 Å². The summed E-state index contributed by atoms with van der Waals surface area (Å²) in [6.45, 7) is 2.45. The number of hydrogen-bond acceptors (Lipinski definition) is 4. The van der Waals surface area contributed by atoms with Gasteiger partial charge in [-0.15, -0.1) is 0 Å². The summed E-state index contributed by atoms with van der Waals surface area (Å²) in [6, 6.07) is 21.1. The first-order chi connectivity index (χ1) is 13.2. The van der Waals surface area contributed by atoms with Gasteiger partial charge in [-0.25, -0.2) is 0 Å². The van der Waals surface area contributed by atoms with Gasteiger partial charge >= 0.3 is 0 Å². The number of amides is 1. The monoisotopic (exact) mass is 365 g/mol. The summed E-state index contributed by atoms with van der Waals surface area (Å²) in [4.78, 5) is 12.3. The van der Waals surface area contributed by atoms with Gasteiger partial charge in [-0.3, -0.25) is 4.79 Å². The highest BCUT2D eigenvalue weighted by Crippen LogP contribution is 2.26. The third-order valence-corrected chi connectivity index (χ3v) is 4.15. The highest BCUT2D eigenvalue weighted by Gasteiger charge is 2.15. The third-order valence-electron chi connectivity index (χ3n) is 4.15. The lowest BCUT2D eigenvalue weighted by Gasteiger charge is -2.16. The molecule has 3 aromatic carbocycles. The Labute approximate surface area is 158 Å². The maximum absolute atomic E-state index is 12.3. The van der Waals surface area contributed by atoms with Crippen molar-refractivity contribution in [2.75, 3.05) is 20.3 Å². The molecule has 0 radical (unpaired) electrons. The summed E-state index contributed by atoms with van der Waals surface area (Å²) in [5, 5.41) is 4.89. The zero-order valence-corrected chi connectivity index (χ0v) is 15.5. The fourth-order valence-corrected chi connectivity index (χ4v) is 2.76. The summed E-state index contributed by atoms with van der Waals surface area (Å²) < 4.78 is 16.8. The maximum atomic E-state index is 12.3. The molecule has 0 saturated carbocycles. The number of hydrogen-bond donors (Lipinski definition) is 1. The molecule has 0 spiro atoms. The summed E-state index contributed by atoms with van der Waals surface area (Å²) in [7, 11) is 1.59.